The van der Waals surface area contributed by atoms with Gasteiger partial charge in [-0.05, 0) is 31.1 Å². The van der Waals surface area contributed by atoms with Gasteiger partial charge in [-0.1, -0.05) is 46.0 Å². The van der Waals surface area contributed by atoms with E-state index < -0.39 is 0 Å². The predicted molar refractivity (Wildman–Crippen MR) is 83.9 cm³/mol. The molecular weight excluding hydrogens is 274 g/mol. The average Bonchev–Trinajstić information content (AvgIpc) is 2.71. The summed E-state index contributed by atoms with van der Waals surface area (Å²) in [6, 6.07) is 0.0456. The van der Waals surface area contributed by atoms with Crippen molar-refractivity contribution >= 4 is 18.4 Å². The third-order valence-electron chi connectivity index (χ3n) is 4.68. The van der Waals surface area contributed by atoms with E-state index in [0.29, 0.717) is 5.92 Å². The van der Waals surface area contributed by atoms with Gasteiger partial charge in [0.15, 0.2) is 0 Å². The minimum atomic E-state index is -0.0295. The van der Waals surface area contributed by atoms with Gasteiger partial charge in [0.05, 0.1) is 5.92 Å². The molecule has 2 aliphatic rings. The monoisotopic (exact) mass is 303 g/mol. The number of ether oxygens (including phenoxy) is 1. The van der Waals surface area contributed by atoms with Crippen LogP contribution in [0.1, 0.15) is 65.2 Å². The van der Waals surface area contributed by atoms with Crippen molar-refractivity contribution in [1.29, 1.82) is 0 Å². The quantitative estimate of drug-likeness (QED) is 0.788. The number of hydrogen-bond donors (Lipinski definition) is 1. The molecule has 1 aliphatic heterocycles. The van der Waals surface area contributed by atoms with Crippen LogP contribution in [0.5, 0.6) is 0 Å². The Kier molecular flexibility index (Phi) is 7.32. The summed E-state index contributed by atoms with van der Waals surface area (Å²) in [6.45, 7) is 4.31. The van der Waals surface area contributed by atoms with Crippen molar-refractivity contribution in [2.45, 2.75) is 77.4 Å². The molecule has 3 atom stereocenters. The number of cyclic esters (lactones) is 1. The van der Waals surface area contributed by atoms with Crippen molar-refractivity contribution in [2.24, 2.45) is 23.5 Å². The molecule has 0 radical (unpaired) electrons. The SMILES string of the molecule is CC(C)C[C@@H]1C[C@@H]([C@@H](N)CC2CCCCC2)OC1=O.Cl. The lowest BCUT2D eigenvalue weighted by Gasteiger charge is -2.26. The summed E-state index contributed by atoms with van der Waals surface area (Å²) in [6.07, 6.45) is 9.46. The zero-order valence-corrected chi connectivity index (χ0v) is 13.7. The number of carbonyl (C=O) groups excluding carboxylic acids is 1. The maximum absolute atomic E-state index is 11.8. The number of nitrogens with two attached hydrogens (primary N) is 1. The smallest absolute Gasteiger partial charge is 0.309 e. The molecule has 2 N–H and O–H groups in total. The molecular formula is C16H30ClNO2. The van der Waals surface area contributed by atoms with Crippen LogP contribution >= 0.6 is 12.4 Å². The molecule has 0 spiro atoms. The van der Waals surface area contributed by atoms with Gasteiger partial charge in [-0.25, -0.2) is 0 Å². The lowest BCUT2D eigenvalue weighted by atomic mass is 9.83. The summed E-state index contributed by atoms with van der Waals surface area (Å²) in [5.74, 6) is 1.37. The van der Waals surface area contributed by atoms with E-state index >= 15 is 0 Å². The van der Waals surface area contributed by atoms with Gasteiger partial charge >= 0.3 is 5.97 Å². The second-order valence-electron chi connectivity index (χ2n) is 6.94. The first kappa shape index (κ1) is 17.8. The molecule has 2 rings (SSSR count). The van der Waals surface area contributed by atoms with Crippen LogP contribution in [0.2, 0.25) is 0 Å². The van der Waals surface area contributed by atoms with E-state index in [1.54, 1.807) is 0 Å². The normalized spacial score (nSPS) is 29.1. The average molecular weight is 304 g/mol. The maximum atomic E-state index is 11.8. The third-order valence-corrected chi connectivity index (χ3v) is 4.68. The fourth-order valence-electron chi connectivity index (χ4n) is 3.65. The van der Waals surface area contributed by atoms with Crippen LogP contribution in [0, 0.1) is 17.8 Å². The van der Waals surface area contributed by atoms with Gasteiger partial charge in [0.25, 0.3) is 0 Å². The van der Waals surface area contributed by atoms with Crippen LogP contribution in [0.15, 0.2) is 0 Å². The van der Waals surface area contributed by atoms with E-state index in [9.17, 15) is 4.79 Å². The topological polar surface area (TPSA) is 52.3 Å². The Morgan fingerprint density at radius 3 is 2.45 bits per heavy atom. The van der Waals surface area contributed by atoms with Crippen molar-refractivity contribution in [3.8, 4) is 0 Å². The molecule has 20 heavy (non-hydrogen) atoms. The van der Waals surface area contributed by atoms with Crippen molar-refractivity contribution in [2.75, 3.05) is 0 Å². The first-order valence-electron chi connectivity index (χ1n) is 8.02. The Hall–Kier alpha value is -0.280. The Bertz CT molecular complexity index is 303. The van der Waals surface area contributed by atoms with Crippen molar-refractivity contribution < 1.29 is 9.53 Å². The summed E-state index contributed by atoms with van der Waals surface area (Å²) in [4.78, 5) is 11.8. The van der Waals surface area contributed by atoms with Gasteiger partial charge in [0.1, 0.15) is 6.10 Å². The zero-order chi connectivity index (χ0) is 13.8. The number of rotatable bonds is 5. The highest BCUT2D eigenvalue weighted by molar-refractivity contribution is 5.85. The minimum absolute atomic E-state index is 0. The molecule has 0 aromatic rings. The summed E-state index contributed by atoms with van der Waals surface area (Å²) < 4.78 is 5.51. The second-order valence-corrected chi connectivity index (χ2v) is 6.94. The highest BCUT2D eigenvalue weighted by Crippen LogP contribution is 2.32. The summed E-state index contributed by atoms with van der Waals surface area (Å²) in [5, 5.41) is 0. The Balaban J connectivity index is 0.00000200. The highest BCUT2D eigenvalue weighted by atomic mass is 35.5. The predicted octanol–water partition coefficient (Wildman–Crippen LogP) is 3.68. The maximum Gasteiger partial charge on any atom is 0.309 e. The van der Waals surface area contributed by atoms with Gasteiger partial charge in [-0.15, -0.1) is 12.4 Å². The molecule has 1 aliphatic carbocycles. The Morgan fingerprint density at radius 2 is 1.85 bits per heavy atom. The molecule has 1 heterocycles. The zero-order valence-electron chi connectivity index (χ0n) is 12.8. The molecule has 4 heteroatoms. The molecule has 0 amide bonds. The van der Waals surface area contributed by atoms with E-state index in [1.807, 2.05) is 0 Å². The Morgan fingerprint density at radius 1 is 1.20 bits per heavy atom. The van der Waals surface area contributed by atoms with Gasteiger partial charge < -0.3 is 10.5 Å². The largest absolute Gasteiger partial charge is 0.460 e. The summed E-state index contributed by atoms with van der Waals surface area (Å²) in [7, 11) is 0. The van der Waals surface area contributed by atoms with Crippen LogP contribution in [-0.4, -0.2) is 18.1 Å². The molecule has 0 unspecified atom stereocenters. The molecule has 0 aromatic carbocycles. The van der Waals surface area contributed by atoms with E-state index in [4.69, 9.17) is 10.5 Å². The van der Waals surface area contributed by atoms with E-state index in [2.05, 4.69) is 13.8 Å². The van der Waals surface area contributed by atoms with Gasteiger partial charge in [0.2, 0.25) is 0 Å². The molecule has 1 saturated heterocycles. The number of carbonyl (C=O) groups is 1. The van der Waals surface area contributed by atoms with Crippen molar-refractivity contribution in [3.05, 3.63) is 0 Å². The van der Waals surface area contributed by atoms with Crippen LogP contribution in [0.4, 0.5) is 0 Å². The van der Waals surface area contributed by atoms with Gasteiger partial charge in [-0.3, -0.25) is 4.79 Å². The van der Waals surface area contributed by atoms with Crippen molar-refractivity contribution in [3.63, 3.8) is 0 Å². The summed E-state index contributed by atoms with van der Waals surface area (Å²) in [5.41, 5.74) is 6.29. The van der Waals surface area contributed by atoms with E-state index in [-0.39, 0.29) is 36.4 Å². The highest BCUT2D eigenvalue weighted by Gasteiger charge is 2.38. The standard InChI is InChI=1S/C16H29NO2.ClH/c1-11(2)8-13-10-15(19-16(13)18)14(17)9-12-6-4-3-5-7-12;/h11-15H,3-10,17H2,1-2H3;1H/t13-,14+,15+;/m1./s1. The first-order chi connectivity index (χ1) is 9.06. The molecule has 1 saturated carbocycles. The van der Waals surface area contributed by atoms with Crippen LogP contribution in [-0.2, 0) is 9.53 Å². The van der Waals surface area contributed by atoms with Crippen LogP contribution in [0.25, 0.3) is 0 Å². The molecule has 118 valence electrons. The minimum Gasteiger partial charge on any atom is -0.460 e. The molecule has 0 aromatic heterocycles. The lowest BCUT2D eigenvalue weighted by molar-refractivity contribution is -0.145. The second kappa shape index (κ2) is 8.23. The van der Waals surface area contributed by atoms with Gasteiger partial charge in [-0.2, -0.15) is 0 Å². The fourth-order valence-corrected chi connectivity index (χ4v) is 3.65. The van der Waals surface area contributed by atoms with E-state index in [0.717, 1.165) is 25.2 Å². The molecule has 0 bridgehead atoms. The number of hydrogen-bond acceptors (Lipinski definition) is 3. The third kappa shape index (κ3) is 4.92. The van der Waals surface area contributed by atoms with Crippen LogP contribution < -0.4 is 5.73 Å². The number of halogens is 1. The molecule has 2 fully saturated rings. The molecule has 3 nitrogen and oxygen atoms in total. The fraction of sp³-hybridized carbons (Fsp3) is 0.938. The Labute approximate surface area is 129 Å². The van der Waals surface area contributed by atoms with E-state index in [1.165, 1.54) is 32.1 Å². The van der Waals surface area contributed by atoms with Crippen LogP contribution in [0.3, 0.4) is 0 Å². The van der Waals surface area contributed by atoms with Crippen molar-refractivity contribution in [1.82, 2.24) is 0 Å². The lowest BCUT2D eigenvalue weighted by Crippen LogP contribution is -2.36. The number of esters is 1. The summed E-state index contributed by atoms with van der Waals surface area (Å²) >= 11 is 0. The van der Waals surface area contributed by atoms with Gasteiger partial charge in [0, 0.05) is 6.04 Å². The first-order valence-corrected chi connectivity index (χ1v) is 8.02.